The van der Waals surface area contributed by atoms with Crippen molar-refractivity contribution < 1.29 is 22.8 Å². The molecule has 3 amide bonds. The van der Waals surface area contributed by atoms with Crippen molar-refractivity contribution in [1.29, 1.82) is 0 Å². The first-order valence-electron chi connectivity index (χ1n) is 11.5. The molecule has 0 saturated carbocycles. The number of carbonyl (C=O) groups is 2. The first-order valence-corrected chi connectivity index (χ1v) is 11.5. The molecule has 1 aliphatic rings. The summed E-state index contributed by atoms with van der Waals surface area (Å²) in [5.74, 6) is 0.747. The van der Waals surface area contributed by atoms with Crippen molar-refractivity contribution in [3.05, 3.63) is 83.6 Å². The zero-order valence-electron chi connectivity index (χ0n) is 19.7. The van der Waals surface area contributed by atoms with Gasteiger partial charge in [-0.3, -0.25) is 4.79 Å². The van der Waals surface area contributed by atoms with Crippen LogP contribution in [0.5, 0.6) is 0 Å². The molecule has 0 atom stereocenters. The zero-order valence-corrected chi connectivity index (χ0v) is 19.7. The van der Waals surface area contributed by atoms with Gasteiger partial charge in [-0.1, -0.05) is 17.7 Å². The van der Waals surface area contributed by atoms with Crippen LogP contribution >= 0.6 is 0 Å². The van der Waals surface area contributed by atoms with E-state index >= 15 is 0 Å². The Labute approximate surface area is 206 Å². The Morgan fingerprint density at radius 2 is 1.50 bits per heavy atom. The third-order valence-electron chi connectivity index (χ3n) is 5.88. The topological polar surface area (TPSA) is 77.6 Å². The summed E-state index contributed by atoms with van der Waals surface area (Å²) in [6, 6.07) is 14.6. The van der Waals surface area contributed by atoms with Crippen molar-refractivity contribution >= 4 is 29.1 Å². The number of anilines is 3. The molecule has 0 aliphatic carbocycles. The van der Waals surface area contributed by atoms with E-state index in [2.05, 4.69) is 20.5 Å². The van der Waals surface area contributed by atoms with Crippen molar-refractivity contribution in [2.75, 3.05) is 41.7 Å². The lowest BCUT2D eigenvalue weighted by Gasteiger charge is -2.23. The number of carbonyl (C=O) groups excluding carboxylic acids is 2. The fourth-order valence-electron chi connectivity index (χ4n) is 3.91. The highest BCUT2D eigenvalue weighted by Crippen LogP contribution is 2.29. The summed E-state index contributed by atoms with van der Waals surface area (Å²) in [6.45, 7) is 4.59. The smallest absolute Gasteiger partial charge is 0.355 e. The molecule has 2 N–H and O–H groups in total. The number of hydrogen-bond donors (Lipinski definition) is 2. The first-order chi connectivity index (χ1) is 17.2. The molecule has 1 fully saturated rings. The molecule has 1 saturated heterocycles. The van der Waals surface area contributed by atoms with Crippen molar-refractivity contribution in [2.45, 2.75) is 19.5 Å². The number of pyridine rings is 1. The van der Waals surface area contributed by atoms with Crippen LogP contribution in [0, 0.1) is 6.92 Å². The molecule has 0 unspecified atom stereocenters. The second-order valence-electron chi connectivity index (χ2n) is 8.56. The summed E-state index contributed by atoms with van der Waals surface area (Å²) in [7, 11) is 0. The summed E-state index contributed by atoms with van der Waals surface area (Å²) in [6.07, 6.45) is -2.12. The fourth-order valence-corrected chi connectivity index (χ4v) is 3.91. The van der Waals surface area contributed by atoms with E-state index in [1.165, 1.54) is 18.3 Å². The maximum absolute atomic E-state index is 12.8. The molecule has 2 aromatic carbocycles. The number of benzene rings is 2. The molecule has 3 aromatic rings. The number of nitrogens with zero attached hydrogens (tertiary/aromatic N) is 3. The van der Waals surface area contributed by atoms with E-state index in [1.807, 2.05) is 36.1 Å². The Bertz CT molecular complexity index is 1200. The van der Waals surface area contributed by atoms with Gasteiger partial charge in [-0.2, -0.15) is 13.2 Å². The number of rotatable bonds is 4. The standard InChI is InChI=1S/C26H26F3N5O2/c1-18-3-5-19(6-4-18)24(35)34-14-2-13-33(15-16-34)23-12-11-22(17-30-23)32-25(36)31-21-9-7-20(8-10-21)26(27,28)29/h3-12,17H,2,13-16H2,1H3,(H2,31,32,36). The van der Waals surface area contributed by atoms with Crippen molar-refractivity contribution in [1.82, 2.24) is 9.88 Å². The van der Waals surface area contributed by atoms with Crippen LogP contribution in [-0.2, 0) is 6.18 Å². The molecule has 0 spiro atoms. The van der Waals surface area contributed by atoms with Gasteiger partial charge in [0, 0.05) is 37.4 Å². The normalized spacial score (nSPS) is 14.2. The molecule has 1 aliphatic heterocycles. The summed E-state index contributed by atoms with van der Waals surface area (Å²) in [5.41, 5.74) is 1.67. The van der Waals surface area contributed by atoms with E-state index in [9.17, 15) is 22.8 Å². The zero-order chi connectivity index (χ0) is 25.7. The van der Waals surface area contributed by atoms with Gasteiger partial charge < -0.3 is 20.4 Å². The molecule has 36 heavy (non-hydrogen) atoms. The number of aryl methyl sites for hydroxylation is 1. The van der Waals surface area contributed by atoms with Gasteiger partial charge in [-0.05, 0) is 61.9 Å². The number of urea groups is 1. The fraction of sp³-hybridized carbons (Fsp3) is 0.269. The van der Waals surface area contributed by atoms with Gasteiger partial charge in [-0.25, -0.2) is 9.78 Å². The molecule has 1 aromatic heterocycles. The Morgan fingerprint density at radius 1 is 0.833 bits per heavy atom. The molecule has 7 nitrogen and oxygen atoms in total. The highest BCUT2D eigenvalue weighted by Gasteiger charge is 2.30. The lowest BCUT2D eigenvalue weighted by molar-refractivity contribution is -0.137. The second kappa shape index (κ2) is 10.7. The summed E-state index contributed by atoms with van der Waals surface area (Å²) >= 11 is 0. The van der Waals surface area contributed by atoms with E-state index in [0.29, 0.717) is 30.9 Å². The van der Waals surface area contributed by atoms with Crippen LogP contribution in [0.15, 0.2) is 66.9 Å². The largest absolute Gasteiger partial charge is 0.416 e. The summed E-state index contributed by atoms with van der Waals surface area (Å²) in [4.78, 5) is 33.4. The van der Waals surface area contributed by atoms with Gasteiger partial charge in [0.2, 0.25) is 0 Å². The minimum atomic E-state index is -4.43. The number of hydrogen-bond acceptors (Lipinski definition) is 4. The number of amides is 3. The Hall–Kier alpha value is -4.08. The van der Waals surface area contributed by atoms with Crippen LogP contribution in [0.25, 0.3) is 0 Å². The van der Waals surface area contributed by atoms with Crippen molar-refractivity contribution in [3.8, 4) is 0 Å². The molecule has 0 radical (unpaired) electrons. The SMILES string of the molecule is Cc1ccc(C(=O)N2CCCN(c3ccc(NC(=O)Nc4ccc(C(F)(F)F)cc4)cn3)CC2)cc1. The van der Waals surface area contributed by atoms with E-state index in [4.69, 9.17) is 0 Å². The molecular formula is C26H26F3N5O2. The number of nitrogens with one attached hydrogen (secondary N) is 2. The minimum Gasteiger partial charge on any atom is -0.355 e. The highest BCUT2D eigenvalue weighted by molar-refractivity contribution is 5.99. The van der Waals surface area contributed by atoms with E-state index in [1.54, 1.807) is 12.1 Å². The van der Waals surface area contributed by atoms with E-state index < -0.39 is 17.8 Å². The van der Waals surface area contributed by atoms with Crippen LogP contribution in [-0.4, -0.2) is 48.0 Å². The molecule has 4 rings (SSSR count). The highest BCUT2D eigenvalue weighted by atomic mass is 19.4. The number of halogens is 3. The van der Waals surface area contributed by atoms with Crippen LogP contribution in [0.1, 0.15) is 27.9 Å². The van der Waals surface area contributed by atoms with Crippen LogP contribution < -0.4 is 15.5 Å². The Kier molecular flexibility index (Phi) is 7.42. The number of aromatic nitrogens is 1. The molecule has 10 heteroatoms. The Balaban J connectivity index is 1.30. The van der Waals surface area contributed by atoms with E-state index in [-0.39, 0.29) is 11.6 Å². The maximum atomic E-state index is 12.8. The summed E-state index contributed by atoms with van der Waals surface area (Å²) in [5, 5.41) is 5.11. The lowest BCUT2D eigenvalue weighted by Crippen LogP contribution is -2.35. The molecule has 0 bridgehead atoms. The van der Waals surface area contributed by atoms with Crippen molar-refractivity contribution in [3.63, 3.8) is 0 Å². The average molecular weight is 498 g/mol. The minimum absolute atomic E-state index is 0.0171. The maximum Gasteiger partial charge on any atom is 0.416 e. The van der Waals surface area contributed by atoms with Crippen LogP contribution in [0.3, 0.4) is 0 Å². The summed E-state index contributed by atoms with van der Waals surface area (Å²) < 4.78 is 38.0. The third-order valence-corrected chi connectivity index (χ3v) is 5.88. The van der Waals surface area contributed by atoms with Crippen LogP contribution in [0.2, 0.25) is 0 Å². The lowest BCUT2D eigenvalue weighted by atomic mass is 10.1. The molecule has 2 heterocycles. The Morgan fingerprint density at radius 3 is 2.14 bits per heavy atom. The predicted octanol–water partition coefficient (Wildman–Crippen LogP) is 5.41. The van der Waals surface area contributed by atoms with Gasteiger partial charge in [-0.15, -0.1) is 0 Å². The van der Waals surface area contributed by atoms with Crippen LogP contribution in [0.4, 0.5) is 35.2 Å². The number of alkyl halides is 3. The average Bonchev–Trinajstić information content (AvgIpc) is 3.11. The van der Waals surface area contributed by atoms with Gasteiger partial charge in [0.25, 0.3) is 5.91 Å². The van der Waals surface area contributed by atoms with E-state index in [0.717, 1.165) is 36.5 Å². The monoisotopic (exact) mass is 497 g/mol. The van der Waals surface area contributed by atoms with Gasteiger partial charge in [0.1, 0.15) is 5.82 Å². The van der Waals surface area contributed by atoms with Gasteiger partial charge >= 0.3 is 12.2 Å². The van der Waals surface area contributed by atoms with Crippen molar-refractivity contribution in [2.24, 2.45) is 0 Å². The van der Waals surface area contributed by atoms with Gasteiger partial charge in [0.05, 0.1) is 17.4 Å². The quantitative estimate of drug-likeness (QED) is 0.506. The molecular weight excluding hydrogens is 471 g/mol. The second-order valence-corrected chi connectivity index (χ2v) is 8.56. The van der Waals surface area contributed by atoms with Gasteiger partial charge in [0.15, 0.2) is 0 Å². The first kappa shape index (κ1) is 25.0. The third kappa shape index (κ3) is 6.32. The molecule has 188 valence electrons. The predicted molar refractivity (Wildman–Crippen MR) is 132 cm³/mol.